The molecule has 5 nitrogen and oxygen atoms in total. The highest BCUT2D eigenvalue weighted by molar-refractivity contribution is 5.27. The standard InChI is InChI=1S/C15H18N4O/c1-13(11-19-8-7-17-12-19)18-10-14-2-4-15(5-3-14)20-9-6-16/h2-5,7-8,12-13,18H,9-11H2,1H3. The van der Waals surface area contributed by atoms with Gasteiger partial charge in [-0.05, 0) is 24.6 Å². The predicted molar refractivity (Wildman–Crippen MR) is 76.1 cm³/mol. The van der Waals surface area contributed by atoms with Crippen LogP contribution in [0.25, 0.3) is 0 Å². The number of nitrogens with zero attached hydrogens (tertiary/aromatic N) is 3. The average molecular weight is 270 g/mol. The minimum absolute atomic E-state index is 0.0829. The number of hydrogen-bond donors (Lipinski definition) is 1. The number of benzene rings is 1. The van der Waals surface area contributed by atoms with Gasteiger partial charge in [-0.1, -0.05) is 12.1 Å². The van der Waals surface area contributed by atoms with E-state index in [1.165, 1.54) is 5.56 Å². The summed E-state index contributed by atoms with van der Waals surface area (Å²) in [5.41, 5.74) is 1.19. The Morgan fingerprint density at radius 2 is 2.20 bits per heavy atom. The first-order chi connectivity index (χ1) is 9.78. The second kappa shape index (κ2) is 7.31. The number of nitriles is 1. The highest BCUT2D eigenvalue weighted by atomic mass is 16.5. The van der Waals surface area contributed by atoms with Crippen LogP contribution in [0.15, 0.2) is 43.0 Å². The van der Waals surface area contributed by atoms with Crippen molar-refractivity contribution in [2.75, 3.05) is 6.61 Å². The largest absolute Gasteiger partial charge is 0.479 e. The predicted octanol–water partition coefficient (Wildman–Crippen LogP) is 1.96. The molecule has 2 aromatic rings. The number of hydrogen-bond acceptors (Lipinski definition) is 4. The van der Waals surface area contributed by atoms with Gasteiger partial charge in [0.05, 0.1) is 6.33 Å². The summed E-state index contributed by atoms with van der Waals surface area (Å²) in [6, 6.07) is 10.1. The average Bonchev–Trinajstić information content (AvgIpc) is 2.97. The van der Waals surface area contributed by atoms with Crippen molar-refractivity contribution in [2.24, 2.45) is 0 Å². The molecule has 0 aliphatic heterocycles. The van der Waals surface area contributed by atoms with Crippen LogP contribution in [0, 0.1) is 11.3 Å². The molecule has 1 aromatic heterocycles. The fourth-order valence-electron chi connectivity index (χ4n) is 1.89. The summed E-state index contributed by atoms with van der Waals surface area (Å²) in [7, 11) is 0. The zero-order valence-corrected chi connectivity index (χ0v) is 11.5. The van der Waals surface area contributed by atoms with Crippen LogP contribution in [0.5, 0.6) is 5.75 Å². The van der Waals surface area contributed by atoms with Crippen LogP contribution in [0.4, 0.5) is 0 Å². The summed E-state index contributed by atoms with van der Waals surface area (Å²) in [6.07, 6.45) is 5.56. The van der Waals surface area contributed by atoms with Crippen molar-refractivity contribution in [2.45, 2.75) is 26.1 Å². The fraction of sp³-hybridized carbons (Fsp3) is 0.333. The number of imidazole rings is 1. The van der Waals surface area contributed by atoms with Crippen molar-refractivity contribution in [3.05, 3.63) is 48.5 Å². The molecule has 1 heterocycles. The van der Waals surface area contributed by atoms with Gasteiger partial charge in [-0.3, -0.25) is 0 Å². The summed E-state index contributed by atoms with van der Waals surface area (Å²) in [5, 5.41) is 11.9. The molecule has 5 heteroatoms. The van der Waals surface area contributed by atoms with E-state index in [1.54, 1.807) is 6.20 Å². The highest BCUT2D eigenvalue weighted by Gasteiger charge is 2.02. The number of aromatic nitrogens is 2. The van der Waals surface area contributed by atoms with E-state index in [0.717, 1.165) is 18.8 Å². The molecule has 0 saturated carbocycles. The molecule has 1 N–H and O–H groups in total. The molecule has 0 spiro atoms. The maximum atomic E-state index is 8.44. The smallest absolute Gasteiger partial charge is 0.174 e. The maximum Gasteiger partial charge on any atom is 0.174 e. The Hall–Kier alpha value is -2.32. The van der Waals surface area contributed by atoms with Gasteiger partial charge in [0.2, 0.25) is 0 Å². The first-order valence-electron chi connectivity index (χ1n) is 6.56. The molecule has 0 aliphatic carbocycles. The van der Waals surface area contributed by atoms with Crippen molar-refractivity contribution in [3.63, 3.8) is 0 Å². The molecular weight excluding hydrogens is 252 g/mol. The van der Waals surface area contributed by atoms with E-state index >= 15 is 0 Å². The van der Waals surface area contributed by atoms with Crippen molar-refractivity contribution in [1.82, 2.24) is 14.9 Å². The molecule has 0 fully saturated rings. The van der Waals surface area contributed by atoms with E-state index in [0.29, 0.717) is 6.04 Å². The van der Waals surface area contributed by atoms with Gasteiger partial charge in [-0.2, -0.15) is 5.26 Å². The van der Waals surface area contributed by atoms with E-state index in [-0.39, 0.29) is 6.61 Å². The lowest BCUT2D eigenvalue weighted by Crippen LogP contribution is -2.29. The molecular formula is C15H18N4O. The van der Waals surface area contributed by atoms with Crippen molar-refractivity contribution < 1.29 is 4.74 Å². The zero-order chi connectivity index (χ0) is 14.2. The maximum absolute atomic E-state index is 8.44. The van der Waals surface area contributed by atoms with Crippen LogP contribution in [-0.2, 0) is 13.1 Å². The van der Waals surface area contributed by atoms with E-state index in [4.69, 9.17) is 10.00 Å². The minimum atomic E-state index is 0.0829. The van der Waals surface area contributed by atoms with Crippen LogP contribution in [0.3, 0.4) is 0 Å². The van der Waals surface area contributed by atoms with Crippen LogP contribution in [0.2, 0.25) is 0 Å². The van der Waals surface area contributed by atoms with Crippen molar-refractivity contribution >= 4 is 0 Å². The van der Waals surface area contributed by atoms with Gasteiger partial charge < -0.3 is 14.6 Å². The molecule has 0 amide bonds. The van der Waals surface area contributed by atoms with Crippen LogP contribution < -0.4 is 10.1 Å². The van der Waals surface area contributed by atoms with Crippen LogP contribution in [0.1, 0.15) is 12.5 Å². The molecule has 20 heavy (non-hydrogen) atoms. The molecule has 0 saturated heterocycles. The summed E-state index contributed by atoms with van der Waals surface area (Å²) in [6.45, 7) is 3.92. The Bertz CT molecular complexity index is 542. The van der Waals surface area contributed by atoms with Gasteiger partial charge >= 0.3 is 0 Å². The minimum Gasteiger partial charge on any atom is -0.479 e. The SMILES string of the molecule is CC(Cn1ccnc1)NCc1ccc(OCC#N)cc1. The topological polar surface area (TPSA) is 62.9 Å². The van der Waals surface area contributed by atoms with E-state index in [9.17, 15) is 0 Å². The normalized spacial score (nSPS) is 11.8. The first-order valence-corrected chi connectivity index (χ1v) is 6.56. The number of ether oxygens (including phenoxy) is 1. The van der Waals surface area contributed by atoms with E-state index < -0.39 is 0 Å². The molecule has 104 valence electrons. The third kappa shape index (κ3) is 4.41. The number of rotatable bonds is 7. The van der Waals surface area contributed by atoms with Gasteiger partial charge in [-0.15, -0.1) is 0 Å². The van der Waals surface area contributed by atoms with Gasteiger partial charge in [0.1, 0.15) is 11.8 Å². The lowest BCUT2D eigenvalue weighted by Gasteiger charge is -2.14. The van der Waals surface area contributed by atoms with Crippen LogP contribution in [-0.4, -0.2) is 22.2 Å². The van der Waals surface area contributed by atoms with E-state index in [2.05, 4.69) is 21.8 Å². The molecule has 0 bridgehead atoms. The summed E-state index contributed by atoms with van der Waals surface area (Å²) < 4.78 is 7.27. The Balaban J connectivity index is 1.77. The molecule has 1 aromatic carbocycles. The lowest BCUT2D eigenvalue weighted by atomic mass is 10.2. The second-order valence-electron chi connectivity index (χ2n) is 4.63. The van der Waals surface area contributed by atoms with Gasteiger partial charge in [0.25, 0.3) is 0 Å². The first kappa shape index (κ1) is 14.1. The quantitative estimate of drug-likeness (QED) is 0.835. The van der Waals surface area contributed by atoms with Gasteiger partial charge in [0, 0.05) is 31.5 Å². The lowest BCUT2D eigenvalue weighted by molar-refractivity contribution is 0.368. The van der Waals surface area contributed by atoms with Gasteiger partial charge in [0.15, 0.2) is 6.61 Å². The molecule has 0 radical (unpaired) electrons. The highest BCUT2D eigenvalue weighted by Crippen LogP contribution is 2.12. The summed E-state index contributed by atoms with van der Waals surface area (Å²) in [4.78, 5) is 4.03. The molecule has 1 atom stereocenters. The summed E-state index contributed by atoms with van der Waals surface area (Å²) >= 11 is 0. The third-order valence-corrected chi connectivity index (χ3v) is 2.93. The monoisotopic (exact) mass is 270 g/mol. The molecule has 2 rings (SSSR count). The Kier molecular flexibility index (Phi) is 5.15. The summed E-state index contributed by atoms with van der Waals surface area (Å²) in [5.74, 6) is 0.724. The Labute approximate surface area is 118 Å². The molecule has 0 aliphatic rings. The Morgan fingerprint density at radius 3 is 2.85 bits per heavy atom. The zero-order valence-electron chi connectivity index (χ0n) is 11.5. The van der Waals surface area contributed by atoms with Crippen molar-refractivity contribution in [1.29, 1.82) is 5.26 Å². The molecule has 1 unspecified atom stereocenters. The fourth-order valence-corrected chi connectivity index (χ4v) is 1.89. The van der Waals surface area contributed by atoms with Crippen molar-refractivity contribution in [3.8, 4) is 11.8 Å². The third-order valence-electron chi connectivity index (χ3n) is 2.93. The van der Waals surface area contributed by atoms with Gasteiger partial charge in [-0.25, -0.2) is 4.98 Å². The second-order valence-corrected chi connectivity index (χ2v) is 4.63. The van der Waals surface area contributed by atoms with E-state index in [1.807, 2.05) is 42.9 Å². The van der Waals surface area contributed by atoms with Crippen LogP contribution >= 0.6 is 0 Å². The Morgan fingerprint density at radius 1 is 1.40 bits per heavy atom. The number of nitrogens with one attached hydrogen (secondary N) is 1.